The van der Waals surface area contributed by atoms with E-state index in [2.05, 4.69) is 12.1 Å². The van der Waals surface area contributed by atoms with Crippen LogP contribution < -0.4 is 0 Å². The van der Waals surface area contributed by atoms with Crippen LogP contribution in [-0.4, -0.2) is 23.9 Å². The molecule has 0 N–H and O–H groups in total. The minimum Gasteiger partial charge on any atom is -0.343 e. The topological polar surface area (TPSA) is 20.3 Å². The third kappa shape index (κ3) is 3.74. The maximum absolute atomic E-state index is 11.7. The Labute approximate surface area is 91.9 Å². The van der Waals surface area contributed by atoms with Crippen LogP contribution in [0, 0.1) is 0 Å². The Hall–Kier alpha value is -1.31. The van der Waals surface area contributed by atoms with Gasteiger partial charge in [0, 0.05) is 19.5 Å². The number of carbonyl (C=O) groups is 1. The minimum atomic E-state index is 0.254. The Morgan fingerprint density at radius 2 is 1.73 bits per heavy atom. The Balaban J connectivity index is 2.40. The number of carbonyl (C=O) groups excluding carboxylic acids is 1. The number of rotatable bonds is 5. The lowest BCUT2D eigenvalue weighted by molar-refractivity contribution is -0.130. The Morgan fingerprint density at radius 3 is 2.27 bits per heavy atom. The first-order chi connectivity index (χ1) is 7.27. The zero-order valence-corrected chi connectivity index (χ0v) is 9.57. The third-order valence-corrected chi connectivity index (χ3v) is 2.59. The summed E-state index contributed by atoms with van der Waals surface area (Å²) in [6, 6.07) is 10.1. The molecule has 0 aliphatic carbocycles. The van der Waals surface area contributed by atoms with Crippen LogP contribution in [0.25, 0.3) is 0 Å². The van der Waals surface area contributed by atoms with E-state index in [1.54, 1.807) is 0 Å². The molecule has 1 aromatic rings. The molecule has 0 aromatic heterocycles. The fourth-order valence-corrected chi connectivity index (χ4v) is 1.63. The molecule has 1 aromatic carbocycles. The van der Waals surface area contributed by atoms with Crippen LogP contribution in [0.3, 0.4) is 0 Å². The molecule has 2 nitrogen and oxygen atoms in total. The predicted octanol–water partition coefficient (Wildman–Crippen LogP) is 2.49. The summed E-state index contributed by atoms with van der Waals surface area (Å²) >= 11 is 0. The lowest BCUT2D eigenvalue weighted by atomic mass is 10.1. The van der Waals surface area contributed by atoms with Gasteiger partial charge in [0.1, 0.15) is 0 Å². The van der Waals surface area contributed by atoms with Crippen molar-refractivity contribution in [1.29, 1.82) is 0 Å². The molecule has 0 spiro atoms. The zero-order valence-electron chi connectivity index (χ0n) is 9.57. The average Bonchev–Trinajstić information content (AvgIpc) is 2.29. The molecule has 0 aliphatic rings. The second-order valence-corrected chi connectivity index (χ2v) is 3.55. The first kappa shape index (κ1) is 11.8. The Bertz CT molecular complexity index is 291. The second kappa shape index (κ2) is 6.23. The van der Waals surface area contributed by atoms with Crippen molar-refractivity contribution in [1.82, 2.24) is 4.90 Å². The number of nitrogens with zero attached hydrogens (tertiary/aromatic N) is 1. The van der Waals surface area contributed by atoms with Gasteiger partial charge >= 0.3 is 0 Å². The van der Waals surface area contributed by atoms with Crippen LogP contribution in [0.5, 0.6) is 0 Å². The van der Waals surface area contributed by atoms with Gasteiger partial charge in [0.25, 0.3) is 0 Å². The highest BCUT2D eigenvalue weighted by atomic mass is 18.1. The molecule has 1 rings (SSSR count). The summed E-state index contributed by atoms with van der Waals surface area (Å²) in [7, 11) is 0. The summed E-state index contributed by atoms with van der Waals surface area (Å²) in [6.07, 6.45) is 1.46. The van der Waals surface area contributed by atoms with Crippen LogP contribution in [0.1, 0.15) is 25.8 Å². The molecule has 0 saturated carbocycles. The van der Waals surface area contributed by atoms with E-state index in [1.165, 1.54) is 5.56 Å². The van der Waals surface area contributed by atoms with Gasteiger partial charge in [0.05, 0.1) is 0 Å². The fraction of sp³-hybridized carbons (Fsp3) is 0.462. The Morgan fingerprint density at radius 1 is 1.13 bits per heavy atom. The predicted molar refractivity (Wildman–Crippen MR) is 62.7 cm³/mol. The maximum Gasteiger partial charge on any atom is 0.222 e. The summed E-state index contributed by atoms with van der Waals surface area (Å²) in [4.78, 5) is 13.6. The van der Waals surface area contributed by atoms with Gasteiger partial charge in [-0.25, -0.2) is 0 Å². The quantitative estimate of drug-likeness (QED) is 0.679. The van der Waals surface area contributed by atoms with Gasteiger partial charge in [0.15, 0.2) is 0 Å². The van der Waals surface area contributed by atoms with E-state index in [4.69, 9.17) is 0 Å². The van der Waals surface area contributed by atoms with Crippen LogP contribution in [0.2, 0.25) is 0 Å². The van der Waals surface area contributed by atoms with Gasteiger partial charge in [-0.2, -0.15) is 0 Å². The van der Waals surface area contributed by atoms with Gasteiger partial charge in [-0.1, -0.05) is 30.3 Å². The number of benzene rings is 1. The molecular weight excluding hydrogens is 188 g/mol. The summed E-state index contributed by atoms with van der Waals surface area (Å²) in [5, 5.41) is 0. The first-order valence-electron chi connectivity index (χ1n) is 5.59. The lowest BCUT2D eigenvalue weighted by Crippen LogP contribution is -2.30. The molecule has 0 aliphatic heterocycles. The normalized spacial score (nSPS) is 10.0. The zero-order chi connectivity index (χ0) is 11.1. The van der Waals surface area contributed by atoms with Crippen molar-refractivity contribution in [2.75, 3.05) is 13.1 Å². The molecule has 82 valence electrons. The van der Waals surface area contributed by atoms with Gasteiger partial charge in [-0.15, -0.1) is 0 Å². The van der Waals surface area contributed by atoms with Crippen molar-refractivity contribution >= 4 is 5.91 Å². The highest BCUT2D eigenvalue weighted by molar-refractivity contribution is 5.76. The van der Waals surface area contributed by atoms with Crippen molar-refractivity contribution in [3.63, 3.8) is 0 Å². The van der Waals surface area contributed by atoms with Crippen molar-refractivity contribution < 1.29 is 4.79 Å². The van der Waals surface area contributed by atoms with E-state index < -0.39 is 0 Å². The molecule has 0 bridgehead atoms. The number of hydrogen-bond donors (Lipinski definition) is 0. The van der Waals surface area contributed by atoms with Crippen molar-refractivity contribution in [3.05, 3.63) is 35.9 Å². The molecule has 0 radical (unpaired) electrons. The number of aryl methyl sites for hydroxylation is 1. The van der Waals surface area contributed by atoms with Gasteiger partial charge in [-0.05, 0) is 25.8 Å². The van der Waals surface area contributed by atoms with Gasteiger partial charge < -0.3 is 4.90 Å². The maximum atomic E-state index is 11.7. The molecule has 0 fully saturated rings. The smallest absolute Gasteiger partial charge is 0.222 e. The largest absolute Gasteiger partial charge is 0.343 e. The molecule has 15 heavy (non-hydrogen) atoms. The monoisotopic (exact) mass is 207 g/mol. The number of amides is 1. The van der Waals surface area contributed by atoms with E-state index in [9.17, 15) is 4.79 Å². The van der Waals surface area contributed by atoms with Crippen molar-refractivity contribution in [3.8, 4) is 0 Å². The summed E-state index contributed by atoms with van der Waals surface area (Å²) in [5.41, 5.74) is 1.23. The van der Waals surface area contributed by atoms with E-state index >= 15 is 0 Å². The molecule has 2 heteroatoms. The lowest BCUT2D eigenvalue weighted by Gasteiger charge is -2.18. The highest BCUT2D eigenvalue weighted by Crippen LogP contribution is 2.04. The van der Waals surface area contributed by atoms with Crippen LogP contribution in [0.4, 0.5) is 0 Å². The molecule has 1 amide bonds. The molecule has 0 saturated heterocycles. The summed E-state index contributed by atoms with van der Waals surface area (Å²) < 4.78 is 0. The fourth-order valence-electron chi connectivity index (χ4n) is 1.63. The third-order valence-electron chi connectivity index (χ3n) is 2.59. The van der Waals surface area contributed by atoms with E-state index in [0.29, 0.717) is 6.42 Å². The molecule has 0 atom stereocenters. The molecular formula is C13H19NO. The van der Waals surface area contributed by atoms with E-state index in [-0.39, 0.29) is 5.91 Å². The van der Waals surface area contributed by atoms with Crippen LogP contribution >= 0.6 is 0 Å². The number of hydrogen-bond acceptors (Lipinski definition) is 1. The van der Waals surface area contributed by atoms with Crippen LogP contribution in [-0.2, 0) is 11.2 Å². The Kier molecular flexibility index (Phi) is 4.88. The SMILES string of the molecule is CCN(CC)C(=[18O])CCc1ccccc1. The minimum absolute atomic E-state index is 0.254. The summed E-state index contributed by atoms with van der Waals surface area (Å²) in [6.45, 7) is 5.65. The van der Waals surface area contributed by atoms with Crippen molar-refractivity contribution in [2.24, 2.45) is 0 Å². The van der Waals surface area contributed by atoms with Crippen molar-refractivity contribution in [2.45, 2.75) is 26.7 Å². The average molecular weight is 207 g/mol. The van der Waals surface area contributed by atoms with Gasteiger partial charge in [-0.3, -0.25) is 4.79 Å². The first-order valence-corrected chi connectivity index (χ1v) is 5.59. The van der Waals surface area contributed by atoms with Gasteiger partial charge in [0.2, 0.25) is 5.91 Å². The van der Waals surface area contributed by atoms with Crippen LogP contribution in [0.15, 0.2) is 30.3 Å². The highest BCUT2D eigenvalue weighted by Gasteiger charge is 2.08. The summed E-state index contributed by atoms with van der Waals surface area (Å²) in [5.74, 6) is 0.254. The van der Waals surface area contributed by atoms with E-state index in [0.717, 1.165) is 19.5 Å². The molecule has 0 unspecified atom stereocenters. The standard InChI is InChI=1S/C13H19NO/c1-3-14(4-2)13(15)11-10-12-8-6-5-7-9-12/h5-9H,3-4,10-11H2,1-2H3/i15+2. The van der Waals surface area contributed by atoms with E-state index in [1.807, 2.05) is 36.9 Å². The molecule has 0 heterocycles. The second-order valence-electron chi connectivity index (χ2n) is 3.55.